The van der Waals surface area contributed by atoms with Crippen molar-refractivity contribution < 1.29 is 14.6 Å². The molecule has 156 valence electrons. The van der Waals surface area contributed by atoms with Gasteiger partial charge in [0.15, 0.2) is 6.29 Å². The second-order valence-electron chi connectivity index (χ2n) is 7.27. The summed E-state index contributed by atoms with van der Waals surface area (Å²) in [6.07, 6.45) is 22.2. The Balaban J connectivity index is 3.82. The van der Waals surface area contributed by atoms with Crippen molar-refractivity contribution in [1.82, 2.24) is 0 Å². The number of hydrogen-bond donors (Lipinski definition) is 1. The van der Waals surface area contributed by atoms with E-state index in [4.69, 9.17) is 14.6 Å². The van der Waals surface area contributed by atoms with Crippen LogP contribution in [-0.2, 0) is 9.47 Å². The third-order valence-corrected chi connectivity index (χ3v) is 4.63. The van der Waals surface area contributed by atoms with Gasteiger partial charge >= 0.3 is 0 Å². The molecule has 0 amide bonds. The number of aliphatic hydroxyl groups is 1. The molecule has 3 heteroatoms. The Labute approximate surface area is 163 Å². The molecule has 0 aromatic carbocycles. The average molecular weight is 371 g/mol. The van der Waals surface area contributed by atoms with E-state index < -0.39 is 0 Å². The fourth-order valence-electron chi connectivity index (χ4n) is 2.95. The van der Waals surface area contributed by atoms with Crippen molar-refractivity contribution in [2.75, 3.05) is 19.8 Å². The van der Waals surface area contributed by atoms with E-state index in [0.717, 1.165) is 45.3 Å². The number of aliphatic hydroxyl groups excluding tert-OH is 1. The lowest BCUT2D eigenvalue weighted by Gasteiger charge is -2.18. The summed E-state index contributed by atoms with van der Waals surface area (Å²) in [5, 5.41) is 8.82. The van der Waals surface area contributed by atoms with Gasteiger partial charge in [-0.25, -0.2) is 0 Å². The predicted molar refractivity (Wildman–Crippen MR) is 113 cm³/mol. The van der Waals surface area contributed by atoms with Crippen LogP contribution in [0.15, 0.2) is 12.2 Å². The first kappa shape index (κ1) is 25.6. The highest BCUT2D eigenvalue weighted by Gasteiger charge is 2.08. The summed E-state index contributed by atoms with van der Waals surface area (Å²) in [7, 11) is 0. The smallest absolute Gasteiger partial charge is 0.157 e. The van der Waals surface area contributed by atoms with Crippen LogP contribution in [-0.4, -0.2) is 31.2 Å². The van der Waals surface area contributed by atoms with Crippen LogP contribution in [0.4, 0.5) is 0 Å². The number of ether oxygens (including phenoxy) is 2. The predicted octanol–water partition coefficient (Wildman–Crippen LogP) is 6.79. The normalized spacial score (nSPS) is 11.8. The summed E-state index contributed by atoms with van der Waals surface area (Å²) in [6.45, 7) is 6.36. The van der Waals surface area contributed by atoms with E-state index in [9.17, 15) is 0 Å². The van der Waals surface area contributed by atoms with Gasteiger partial charge in [-0.2, -0.15) is 0 Å². The summed E-state index contributed by atoms with van der Waals surface area (Å²) < 4.78 is 12.0. The largest absolute Gasteiger partial charge is 0.396 e. The van der Waals surface area contributed by atoms with Gasteiger partial charge in [0.25, 0.3) is 0 Å². The minimum Gasteiger partial charge on any atom is -0.396 e. The molecule has 0 radical (unpaired) electrons. The molecule has 0 heterocycles. The second kappa shape index (κ2) is 22.7. The van der Waals surface area contributed by atoms with Gasteiger partial charge in [0.1, 0.15) is 0 Å². The highest BCUT2D eigenvalue weighted by molar-refractivity contribution is 4.81. The fraction of sp³-hybridized carbons (Fsp3) is 0.913. The lowest BCUT2D eigenvalue weighted by Crippen LogP contribution is -2.18. The van der Waals surface area contributed by atoms with Crippen LogP contribution >= 0.6 is 0 Å². The van der Waals surface area contributed by atoms with Gasteiger partial charge in [-0.1, -0.05) is 90.2 Å². The van der Waals surface area contributed by atoms with Gasteiger partial charge in [0.2, 0.25) is 0 Å². The van der Waals surface area contributed by atoms with E-state index in [1.807, 2.05) is 6.08 Å². The monoisotopic (exact) mass is 370 g/mol. The maximum Gasteiger partial charge on any atom is 0.157 e. The zero-order valence-corrected chi connectivity index (χ0v) is 17.7. The molecule has 0 aliphatic heterocycles. The van der Waals surface area contributed by atoms with E-state index in [-0.39, 0.29) is 12.9 Å². The standard InChI is InChI=1S/C23H46O3/c1-3-5-7-9-13-17-21-25-23(19-15-11-12-16-20-24)26-22-18-14-10-8-6-4-2/h11-12,23-24H,3-10,13-22H2,1-2H3/b12-11-. The third-order valence-electron chi connectivity index (χ3n) is 4.63. The molecule has 0 spiro atoms. The van der Waals surface area contributed by atoms with Gasteiger partial charge in [-0.05, 0) is 25.7 Å². The molecule has 0 fully saturated rings. The Bertz CT molecular complexity index is 261. The van der Waals surface area contributed by atoms with Crippen molar-refractivity contribution in [2.24, 2.45) is 0 Å². The third kappa shape index (κ3) is 19.9. The van der Waals surface area contributed by atoms with Crippen LogP contribution in [0.25, 0.3) is 0 Å². The Morgan fingerprint density at radius 3 is 1.62 bits per heavy atom. The maximum absolute atomic E-state index is 8.82. The topological polar surface area (TPSA) is 38.7 Å². The zero-order valence-electron chi connectivity index (χ0n) is 17.7. The molecule has 0 aromatic heterocycles. The molecule has 0 bridgehead atoms. The van der Waals surface area contributed by atoms with Gasteiger partial charge in [-0.3, -0.25) is 0 Å². The minimum absolute atomic E-state index is 0.0694. The van der Waals surface area contributed by atoms with E-state index in [2.05, 4.69) is 19.9 Å². The molecule has 1 N–H and O–H groups in total. The van der Waals surface area contributed by atoms with E-state index in [1.54, 1.807) is 0 Å². The summed E-state index contributed by atoms with van der Waals surface area (Å²) in [4.78, 5) is 0. The van der Waals surface area contributed by atoms with Gasteiger partial charge in [-0.15, -0.1) is 0 Å². The molecular weight excluding hydrogens is 324 g/mol. The van der Waals surface area contributed by atoms with E-state index >= 15 is 0 Å². The number of rotatable bonds is 21. The lowest BCUT2D eigenvalue weighted by atomic mass is 10.1. The molecule has 0 atom stereocenters. The highest BCUT2D eigenvalue weighted by atomic mass is 16.7. The first-order valence-electron chi connectivity index (χ1n) is 11.3. The number of unbranched alkanes of at least 4 members (excludes halogenated alkanes) is 10. The zero-order chi connectivity index (χ0) is 19.1. The van der Waals surface area contributed by atoms with Crippen LogP contribution in [0, 0.1) is 0 Å². The van der Waals surface area contributed by atoms with Crippen molar-refractivity contribution in [3.8, 4) is 0 Å². The van der Waals surface area contributed by atoms with Crippen LogP contribution in [0.1, 0.15) is 110 Å². The highest BCUT2D eigenvalue weighted by Crippen LogP contribution is 2.11. The Hall–Kier alpha value is -0.380. The molecule has 0 saturated heterocycles. The van der Waals surface area contributed by atoms with Crippen LogP contribution < -0.4 is 0 Å². The van der Waals surface area contributed by atoms with Crippen LogP contribution in [0.3, 0.4) is 0 Å². The van der Waals surface area contributed by atoms with Crippen molar-refractivity contribution in [3.05, 3.63) is 12.2 Å². The number of hydrogen-bond acceptors (Lipinski definition) is 3. The minimum atomic E-state index is -0.0694. The fourth-order valence-corrected chi connectivity index (χ4v) is 2.95. The van der Waals surface area contributed by atoms with E-state index in [0.29, 0.717) is 0 Å². The maximum atomic E-state index is 8.82. The summed E-state index contributed by atoms with van der Waals surface area (Å²) in [6, 6.07) is 0. The van der Waals surface area contributed by atoms with Gasteiger partial charge in [0.05, 0.1) is 0 Å². The molecule has 0 rings (SSSR count). The van der Waals surface area contributed by atoms with Crippen LogP contribution in [0.5, 0.6) is 0 Å². The van der Waals surface area contributed by atoms with Gasteiger partial charge in [0, 0.05) is 26.2 Å². The average Bonchev–Trinajstić information content (AvgIpc) is 2.65. The first-order chi connectivity index (χ1) is 12.8. The molecule has 0 unspecified atom stereocenters. The molecule has 3 nitrogen and oxygen atoms in total. The van der Waals surface area contributed by atoms with Crippen molar-refractivity contribution in [1.29, 1.82) is 0 Å². The van der Waals surface area contributed by atoms with Gasteiger partial charge < -0.3 is 14.6 Å². The van der Waals surface area contributed by atoms with Crippen molar-refractivity contribution in [2.45, 2.75) is 116 Å². The molecule has 0 aliphatic rings. The Kier molecular flexibility index (Phi) is 22.3. The molecule has 0 saturated carbocycles. The second-order valence-corrected chi connectivity index (χ2v) is 7.27. The molecule has 0 aliphatic carbocycles. The first-order valence-corrected chi connectivity index (χ1v) is 11.3. The summed E-state index contributed by atoms with van der Waals surface area (Å²) in [5.41, 5.74) is 0. The lowest BCUT2D eigenvalue weighted by molar-refractivity contribution is -0.146. The van der Waals surface area contributed by atoms with Crippen molar-refractivity contribution in [3.63, 3.8) is 0 Å². The summed E-state index contributed by atoms with van der Waals surface area (Å²) in [5.74, 6) is 0. The van der Waals surface area contributed by atoms with Crippen LogP contribution in [0.2, 0.25) is 0 Å². The molecule has 26 heavy (non-hydrogen) atoms. The Morgan fingerprint density at radius 1 is 0.654 bits per heavy atom. The molecule has 0 aromatic rings. The SMILES string of the molecule is CCCCCCCCOC(CC/C=C\CCO)OCCCCCCCC. The number of allylic oxidation sites excluding steroid dienone is 1. The van der Waals surface area contributed by atoms with Crippen molar-refractivity contribution >= 4 is 0 Å². The summed E-state index contributed by atoms with van der Waals surface area (Å²) >= 11 is 0. The quantitative estimate of drug-likeness (QED) is 0.137. The van der Waals surface area contributed by atoms with E-state index in [1.165, 1.54) is 64.2 Å². The Morgan fingerprint density at radius 2 is 1.12 bits per heavy atom. The molecular formula is C23H46O3.